The molecule has 0 spiro atoms. The Bertz CT molecular complexity index is 963. The average Bonchev–Trinajstić information content (AvgIpc) is 3.19. The summed E-state index contributed by atoms with van der Waals surface area (Å²) in [6.07, 6.45) is 0.987. The molecule has 7 nitrogen and oxygen atoms in total. The number of aromatic amines is 1. The topological polar surface area (TPSA) is 89.1 Å². The van der Waals surface area contributed by atoms with Gasteiger partial charge >= 0.3 is 0 Å². The highest BCUT2D eigenvalue weighted by molar-refractivity contribution is 7.99. The maximum Gasteiger partial charge on any atom is 0.234 e. The Morgan fingerprint density at radius 1 is 1.24 bits per heavy atom. The van der Waals surface area contributed by atoms with Crippen LogP contribution in [0.2, 0.25) is 5.02 Å². The van der Waals surface area contributed by atoms with E-state index in [1.807, 2.05) is 24.3 Å². The number of aromatic nitrogens is 3. The quantitative estimate of drug-likeness (QED) is 0.489. The summed E-state index contributed by atoms with van der Waals surface area (Å²) in [6.45, 7) is 2.38. The number of anilines is 1. The second-order valence-corrected chi connectivity index (χ2v) is 7.41. The molecule has 2 aromatic carbocycles. The summed E-state index contributed by atoms with van der Waals surface area (Å²) in [5.41, 5.74) is 1.77. The van der Waals surface area contributed by atoms with Crippen molar-refractivity contribution in [3.05, 3.63) is 58.9 Å². The standard InChI is InChI=1S/C20H21ClN4O3S/c1-3-13-4-7-15(8-5-13)28-11-18-23-20(25-24-18)29-12-19(26)22-16-10-14(21)6-9-17(16)27-2/h4-10H,3,11-12H2,1-2H3,(H,22,26)(H,23,24,25). The van der Waals surface area contributed by atoms with Gasteiger partial charge in [-0.1, -0.05) is 42.4 Å². The number of halogens is 1. The molecule has 0 saturated carbocycles. The molecule has 0 saturated heterocycles. The van der Waals surface area contributed by atoms with Gasteiger partial charge in [-0.3, -0.25) is 9.89 Å². The molecule has 0 fully saturated rings. The Kier molecular flexibility index (Phi) is 7.37. The monoisotopic (exact) mass is 432 g/mol. The van der Waals surface area contributed by atoms with Gasteiger partial charge < -0.3 is 14.8 Å². The van der Waals surface area contributed by atoms with E-state index >= 15 is 0 Å². The van der Waals surface area contributed by atoms with E-state index in [4.69, 9.17) is 21.1 Å². The van der Waals surface area contributed by atoms with Crippen LogP contribution in [-0.2, 0) is 17.8 Å². The van der Waals surface area contributed by atoms with Crippen molar-refractivity contribution in [1.82, 2.24) is 15.2 Å². The van der Waals surface area contributed by atoms with E-state index in [-0.39, 0.29) is 18.3 Å². The number of methoxy groups -OCH3 is 1. The molecular formula is C20H21ClN4O3S. The predicted octanol–water partition coefficient (Wildman–Crippen LogP) is 4.34. The van der Waals surface area contributed by atoms with Gasteiger partial charge in [-0.2, -0.15) is 0 Å². The minimum absolute atomic E-state index is 0.145. The van der Waals surface area contributed by atoms with Gasteiger partial charge in [0.2, 0.25) is 11.1 Å². The molecule has 0 radical (unpaired) electrons. The third kappa shape index (κ3) is 6.13. The lowest BCUT2D eigenvalue weighted by Gasteiger charge is -2.09. The second-order valence-electron chi connectivity index (χ2n) is 6.03. The van der Waals surface area contributed by atoms with Crippen LogP contribution in [-0.4, -0.2) is 34.0 Å². The average molecular weight is 433 g/mol. The normalized spacial score (nSPS) is 10.6. The number of amides is 1. The molecule has 0 bridgehead atoms. The molecule has 29 heavy (non-hydrogen) atoms. The van der Waals surface area contributed by atoms with Gasteiger partial charge in [0.1, 0.15) is 18.1 Å². The lowest BCUT2D eigenvalue weighted by atomic mass is 10.2. The number of benzene rings is 2. The number of carbonyl (C=O) groups is 1. The zero-order valence-electron chi connectivity index (χ0n) is 16.1. The van der Waals surface area contributed by atoms with Crippen LogP contribution in [0.25, 0.3) is 0 Å². The summed E-state index contributed by atoms with van der Waals surface area (Å²) < 4.78 is 10.9. The molecule has 0 aliphatic carbocycles. The van der Waals surface area contributed by atoms with Crippen molar-refractivity contribution in [3.8, 4) is 11.5 Å². The minimum atomic E-state index is -0.214. The summed E-state index contributed by atoms with van der Waals surface area (Å²) in [7, 11) is 1.53. The van der Waals surface area contributed by atoms with Gasteiger partial charge in [0, 0.05) is 5.02 Å². The first-order chi connectivity index (χ1) is 14.1. The highest BCUT2D eigenvalue weighted by atomic mass is 35.5. The lowest BCUT2D eigenvalue weighted by Crippen LogP contribution is -2.14. The van der Waals surface area contributed by atoms with Crippen molar-refractivity contribution in [2.45, 2.75) is 25.1 Å². The number of aryl methyl sites for hydroxylation is 1. The fourth-order valence-corrected chi connectivity index (χ4v) is 3.26. The molecule has 1 amide bonds. The van der Waals surface area contributed by atoms with Gasteiger partial charge in [0.05, 0.1) is 18.6 Å². The summed E-state index contributed by atoms with van der Waals surface area (Å²) in [5.74, 6) is 1.82. The molecule has 1 heterocycles. The third-order valence-corrected chi connectivity index (χ3v) is 5.07. The maximum absolute atomic E-state index is 12.2. The first-order valence-electron chi connectivity index (χ1n) is 8.96. The number of H-pyrrole nitrogens is 1. The largest absolute Gasteiger partial charge is 0.495 e. The van der Waals surface area contributed by atoms with E-state index in [2.05, 4.69) is 27.4 Å². The summed E-state index contributed by atoms with van der Waals surface area (Å²) >= 11 is 7.19. The zero-order chi connectivity index (χ0) is 20.6. The number of nitrogens with one attached hydrogen (secondary N) is 2. The fourth-order valence-electron chi connectivity index (χ4n) is 2.47. The van der Waals surface area contributed by atoms with E-state index in [1.165, 1.54) is 24.4 Å². The van der Waals surface area contributed by atoms with Crippen LogP contribution in [0.4, 0.5) is 5.69 Å². The van der Waals surface area contributed by atoms with Crippen LogP contribution in [0.3, 0.4) is 0 Å². The van der Waals surface area contributed by atoms with Crippen molar-refractivity contribution in [3.63, 3.8) is 0 Å². The van der Waals surface area contributed by atoms with Crippen LogP contribution in [0.1, 0.15) is 18.3 Å². The molecular weight excluding hydrogens is 412 g/mol. The smallest absolute Gasteiger partial charge is 0.234 e. The number of hydrogen-bond acceptors (Lipinski definition) is 6. The zero-order valence-corrected chi connectivity index (χ0v) is 17.6. The molecule has 9 heteroatoms. The van der Waals surface area contributed by atoms with Crippen molar-refractivity contribution >= 4 is 35.0 Å². The third-order valence-electron chi connectivity index (χ3n) is 3.99. The Hall–Kier alpha value is -2.71. The van der Waals surface area contributed by atoms with Crippen LogP contribution in [0.5, 0.6) is 11.5 Å². The number of thioether (sulfide) groups is 1. The Balaban J connectivity index is 1.48. The number of rotatable bonds is 9. The van der Waals surface area contributed by atoms with Crippen LogP contribution in [0, 0.1) is 0 Å². The van der Waals surface area contributed by atoms with Gasteiger partial charge in [-0.05, 0) is 42.3 Å². The molecule has 1 aromatic heterocycles. The van der Waals surface area contributed by atoms with Gasteiger partial charge in [0.25, 0.3) is 0 Å². The second kappa shape index (κ2) is 10.2. The van der Waals surface area contributed by atoms with Crippen LogP contribution >= 0.6 is 23.4 Å². The first-order valence-corrected chi connectivity index (χ1v) is 10.3. The molecule has 2 N–H and O–H groups in total. The molecule has 152 valence electrons. The van der Waals surface area contributed by atoms with Crippen LogP contribution < -0.4 is 14.8 Å². The number of ether oxygens (including phenoxy) is 2. The highest BCUT2D eigenvalue weighted by Gasteiger charge is 2.11. The predicted molar refractivity (Wildman–Crippen MR) is 114 cm³/mol. The van der Waals surface area contributed by atoms with E-state index < -0.39 is 0 Å². The molecule has 3 aromatic rings. The molecule has 0 unspecified atom stereocenters. The molecule has 3 rings (SSSR count). The first kappa shape index (κ1) is 21.0. The van der Waals surface area contributed by atoms with Crippen LogP contribution in [0.15, 0.2) is 47.6 Å². The van der Waals surface area contributed by atoms with Crippen molar-refractivity contribution in [2.24, 2.45) is 0 Å². The number of nitrogens with zero attached hydrogens (tertiary/aromatic N) is 2. The van der Waals surface area contributed by atoms with Crippen molar-refractivity contribution < 1.29 is 14.3 Å². The Labute approximate surface area is 178 Å². The van der Waals surface area contributed by atoms with E-state index in [1.54, 1.807) is 18.2 Å². The minimum Gasteiger partial charge on any atom is -0.495 e. The number of carbonyl (C=O) groups excluding carboxylic acids is 1. The molecule has 0 aliphatic rings. The summed E-state index contributed by atoms with van der Waals surface area (Å²) in [5, 5.41) is 10.7. The van der Waals surface area contributed by atoms with E-state index in [0.717, 1.165) is 12.2 Å². The SMILES string of the molecule is CCc1ccc(OCc2nc(SCC(=O)Nc3cc(Cl)ccc3OC)n[nH]2)cc1. The Morgan fingerprint density at radius 3 is 2.76 bits per heavy atom. The number of hydrogen-bond donors (Lipinski definition) is 2. The van der Waals surface area contributed by atoms with Crippen molar-refractivity contribution in [1.29, 1.82) is 0 Å². The summed E-state index contributed by atoms with van der Waals surface area (Å²) in [4.78, 5) is 16.5. The molecule has 0 atom stereocenters. The summed E-state index contributed by atoms with van der Waals surface area (Å²) in [6, 6.07) is 13.0. The molecule has 0 aliphatic heterocycles. The lowest BCUT2D eigenvalue weighted by molar-refractivity contribution is -0.113. The van der Waals surface area contributed by atoms with Gasteiger partial charge in [-0.25, -0.2) is 4.98 Å². The van der Waals surface area contributed by atoms with E-state index in [9.17, 15) is 4.79 Å². The maximum atomic E-state index is 12.2. The van der Waals surface area contributed by atoms with E-state index in [0.29, 0.717) is 27.4 Å². The Morgan fingerprint density at radius 2 is 2.03 bits per heavy atom. The van der Waals surface area contributed by atoms with Gasteiger partial charge in [-0.15, -0.1) is 5.10 Å². The van der Waals surface area contributed by atoms with Gasteiger partial charge in [0.15, 0.2) is 5.82 Å². The highest BCUT2D eigenvalue weighted by Crippen LogP contribution is 2.28. The van der Waals surface area contributed by atoms with Crippen molar-refractivity contribution in [2.75, 3.05) is 18.2 Å². The fraction of sp³-hybridized carbons (Fsp3) is 0.250.